The van der Waals surface area contributed by atoms with Crippen molar-refractivity contribution >= 4 is 0 Å². The minimum atomic E-state index is -0.859. The maximum absolute atomic E-state index is 8.99. The highest BCUT2D eigenvalue weighted by Gasteiger charge is 2.46. The molecule has 3 atom stereocenters. The Morgan fingerprint density at radius 2 is 2.38 bits per heavy atom. The summed E-state index contributed by atoms with van der Waals surface area (Å²) in [6, 6.07) is 2.13. The zero-order valence-corrected chi connectivity index (χ0v) is 7.99. The zero-order chi connectivity index (χ0) is 9.90. The van der Waals surface area contributed by atoms with Gasteiger partial charge in [-0.1, -0.05) is 0 Å². The molecule has 0 aromatic rings. The van der Waals surface area contributed by atoms with Gasteiger partial charge in [-0.3, -0.25) is 0 Å². The summed E-state index contributed by atoms with van der Waals surface area (Å²) in [4.78, 5) is 0. The summed E-state index contributed by atoms with van der Waals surface area (Å²) in [5.74, 6) is 0. The van der Waals surface area contributed by atoms with Crippen molar-refractivity contribution in [3.63, 3.8) is 0 Å². The summed E-state index contributed by atoms with van der Waals surface area (Å²) in [5.41, 5.74) is -0.859. The van der Waals surface area contributed by atoms with Crippen LogP contribution in [0.1, 0.15) is 20.3 Å². The van der Waals surface area contributed by atoms with Crippen molar-refractivity contribution in [3.05, 3.63) is 0 Å². The van der Waals surface area contributed by atoms with Crippen LogP contribution in [-0.2, 0) is 9.47 Å². The number of hydrogen-bond acceptors (Lipinski definition) is 4. The number of aliphatic hydroxyl groups is 1. The molecule has 0 saturated carbocycles. The molecule has 0 amide bonds. The molecule has 0 spiro atoms. The highest BCUT2D eigenvalue weighted by Crippen LogP contribution is 2.33. The minimum absolute atomic E-state index is 0.0494. The molecule has 1 N–H and O–H groups in total. The fourth-order valence-corrected chi connectivity index (χ4v) is 1.67. The van der Waals surface area contributed by atoms with Crippen LogP contribution in [0.15, 0.2) is 0 Å². The third-order valence-corrected chi connectivity index (χ3v) is 2.32. The van der Waals surface area contributed by atoms with Crippen LogP contribution >= 0.6 is 0 Å². The van der Waals surface area contributed by atoms with Gasteiger partial charge in [-0.05, 0) is 13.8 Å². The summed E-state index contributed by atoms with van der Waals surface area (Å²) < 4.78 is 10.8. The molecule has 0 aromatic heterocycles. The number of nitriles is 1. The van der Waals surface area contributed by atoms with Gasteiger partial charge in [0.05, 0.1) is 25.4 Å². The predicted octanol–water partition coefficient (Wildman–Crippen LogP) is 0.455. The van der Waals surface area contributed by atoms with Crippen LogP contribution in [0.5, 0.6) is 0 Å². The Hall–Kier alpha value is -0.630. The van der Waals surface area contributed by atoms with Crippen molar-refractivity contribution in [2.24, 2.45) is 0 Å². The zero-order valence-electron chi connectivity index (χ0n) is 7.99. The number of hydrogen-bond donors (Lipinski definition) is 1. The fraction of sp³-hybridized carbons (Fsp3) is 0.889. The summed E-state index contributed by atoms with van der Waals surface area (Å²) in [5, 5.41) is 17.6. The molecule has 3 unspecified atom stereocenters. The molecule has 1 fully saturated rings. The van der Waals surface area contributed by atoms with Gasteiger partial charge in [0.15, 0.2) is 5.60 Å². The van der Waals surface area contributed by atoms with Crippen LogP contribution in [0.2, 0.25) is 0 Å². The lowest BCUT2D eigenvalue weighted by atomic mass is 9.96. The lowest BCUT2D eigenvalue weighted by molar-refractivity contribution is -0.0612. The molecule has 0 aliphatic carbocycles. The topological polar surface area (TPSA) is 62.5 Å². The molecule has 1 aliphatic heterocycles. The van der Waals surface area contributed by atoms with Crippen molar-refractivity contribution < 1.29 is 14.6 Å². The molecule has 1 aliphatic rings. The van der Waals surface area contributed by atoms with Gasteiger partial charge in [0.1, 0.15) is 6.07 Å². The maximum atomic E-state index is 8.99. The Bertz CT molecular complexity index is 213. The Balaban J connectivity index is 2.64. The molecular weight excluding hydrogens is 170 g/mol. The summed E-state index contributed by atoms with van der Waals surface area (Å²) >= 11 is 0. The van der Waals surface area contributed by atoms with E-state index in [0.29, 0.717) is 6.42 Å². The average Bonchev–Trinajstić information content (AvgIpc) is 2.38. The standard InChI is InChI=1S/C9H15NO3/c1-7-5-9(6-10,8(2)13-7)12-4-3-11/h7-8,11H,3-5H2,1-2H3. The Morgan fingerprint density at radius 1 is 1.69 bits per heavy atom. The average molecular weight is 185 g/mol. The summed E-state index contributed by atoms with van der Waals surface area (Å²) in [6.45, 7) is 3.86. The van der Waals surface area contributed by atoms with E-state index in [-0.39, 0.29) is 25.4 Å². The molecule has 0 radical (unpaired) electrons. The first kappa shape index (κ1) is 10.5. The smallest absolute Gasteiger partial charge is 0.182 e. The van der Waals surface area contributed by atoms with Gasteiger partial charge in [0.2, 0.25) is 0 Å². The van der Waals surface area contributed by atoms with Gasteiger partial charge in [0, 0.05) is 6.42 Å². The predicted molar refractivity (Wildman–Crippen MR) is 46.0 cm³/mol. The van der Waals surface area contributed by atoms with E-state index >= 15 is 0 Å². The second-order valence-corrected chi connectivity index (χ2v) is 3.37. The molecule has 1 rings (SSSR count). The number of nitrogens with zero attached hydrogens (tertiary/aromatic N) is 1. The molecule has 13 heavy (non-hydrogen) atoms. The van der Waals surface area contributed by atoms with Crippen molar-refractivity contribution in [2.75, 3.05) is 13.2 Å². The van der Waals surface area contributed by atoms with Crippen LogP contribution in [-0.4, -0.2) is 36.1 Å². The van der Waals surface area contributed by atoms with Crippen LogP contribution in [0, 0.1) is 11.3 Å². The number of rotatable bonds is 3. The highest BCUT2D eigenvalue weighted by molar-refractivity contribution is 5.10. The van der Waals surface area contributed by atoms with Crippen LogP contribution in [0.3, 0.4) is 0 Å². The quantitative estimate of drug-likeness (QED) is 0.693. The molecule has 4 nitrogen and oxygen atoms in total. The second-order valence-electron chi connectivity index (χ2n) is 3.37. The summed E-state index contributed by atoms with van der Waals surface area (Å²) in [6.07, 6.45) is 0.400. The molecular formula is C9H15NO3. The Kier molecular flexibility index (Phi) is 3.26. The molecule has 74 valence electrons. The molecule has 0 aromatic carbocycles. The molecule has 0 bridgehead atoms. The number of aliphatic hydroxyl groups excluding tert-OH is 1. The molecule has 4 heteroatoms. The van der Waals surface area contributed by atoms with Gasteiger partial charge >= 0.3 is 0 Å². The first-order valence-electron chi connectivity index (χ1n) is 4.46. The Labute approximate surface area is 78.1 Å². The van der Waals surface area contributed by atoms with Crippen molar-refractivity contribution in [1.82, 2.24) is 0 Å². The van der Waals surface area contributed by atoms with E-state index in [4.69, 9.17) is 19.8 Å². The van der Waals surface area contributed by atoms with E-state index in [2.05, 4.69) is 6.07 Å². The monoisotopic (exact) mass is 185 g/mol. The largest absolute Gasteiger partial charge is 0.394 e. The fourth-order valence-electron chi connectivity index (χ4n) is 1.67. The molecule has 1 saturated heterocycles. The highest BCUT2D eigenvalue weighted by atomic mass is 16.6. The van der Waals surface area contributed by atoms with E-state index in [1.165, 1.54) is 0 Å². The van der Waals surface area contributed by atoms with Crippen LogP contribution in [0.25, 0.3) is 0 Å². The SMILES string of the molecule is CC1CC(C#N)(OCCO)C(C)O1. The summed E-state index contributed by atoms with van der Waals surface area (Å²) in [7, 11) is 0. The van der Waals surface area contributed by atoms with E-state index in [1.807, 2.05) is 13.8 Å². The van der Waals surface area contributed by atoms with E-state index in [0.717, 1.165) is 0 Å². The van der Waals surface area contributed by atoms with Gasteiger partial charge in [0.25, 0.3) is 0 Å². The maximum Gasteiger partial charge on any atom is 0.182 e. The first-order chi connectivity index (χ1) is 6.14. The minimum Gasteiger partial charge on any atom is -0.394 e. The number of ether oxygens (including phenoxy) is 2. The third kappa shape index (κ3) is 1.99. The van der Waals surface area contributed by atoms with Gasteiger partial charge in [-0.25, -0.2) is 0 Å². The normalized spacial score (nSPS) is 38.9. The van der Waals surface area contributed by atoms with Crippen LogP contribution in [0.4, 0.5) is 0 Å². The van der Waals surface area contributed by atoms with Gasteiger partial charge in [-0.15, -0.1) is 0 Å². The van der Waals surface area contributed by atoms with Crippen LogP contribution < -0.4 is 0 Å². The van der Waals surface area contributed by atoms with Gasteiger partial charge in [-0.2, -0.15) is 5.26 Å². The first-order valence-corrected chi connectivity index (χ1v) is 4.46. The Morgan fingerprint density at radius 3 is 2.77 bits per heavy atom. The lowest BCUT2D eigenvalue weighted by Gasteiger charge is -2.23. The lowest BCUT2D eigenvalue weighted by Crippen LogP contribution is -2.38. The van der Waals surface area contributed by atoms with Crippen molar-refractivity contribution in [1.29, 1.82) is 5.26 Å². The van der Waals surface area contributed by atoms with E-state index in [1.54, 1.807) is 0 Å². The third-order valence-electron chi connectivity index (χ3n) is 2.32. The van der Waals surface area contributed by atoms with E-state index < -0.39 is 5.60 Å². The van der Waals surface area contributed by atoms with E-state index in [9.17, 15) is 0 Å². The van der Waals surface area contributed by atoms with Crippen molar-refractivity contribution in [2.45, 2.75) is 38.1 Å². The van der Waals surface area contributed by atoms with Crippen molar-refractivity contribution in [3.8, 4) is 6.07 Å². The van der Waals surface area contributed by atoms with Gasteiger partial charge < -0.3 is 14.6 Å². The second kappa shape index (κ2) is 4.05. The molecule has 1 heterocycles.